The molecule has 1 heterocycles. The monoisotopic (exact) mass is 338 g/mol. The van der Waals surface area contributed by atoms with Crippen LogP contribution in [0.3, 0.4) is 0 Å². The smallest absolute Gasteiger partial charge is 0.142 e. The van der Waals surface area contributed by atoms with Crippen LogP contribution in [0.4, 0.5) is 0 Å². The van der Waals surface area contributed by atoms with Crippen LogP contribution in [-0.2, 0) is 24.2 Å². The van der Waals surface area contributed by atoms with Crippen molar-refractivity contribution in [1.82, 2.24) is 9.78 Å². The molecule has 0 amide bonds. The third-order valence-electron chi connectivity index (χ3n) is 3.87. The maximum absolute atomic E-state index is 12.3. The minimum atomic E-state index is 0.302. The Bertz CT molecular complexity index is 517. The molecule has 3 nitrogen and oxygen atoms in total. The van der Waals surface area contributed by atoms with Crippen molar-refractivity contribution in [3.8, 4) is 0 Å². The van der Waals surface area contributed by atoms with Crippen molar-refractivity contribution >= 4 is 21.7 Å². The highest BCUT2D eigenvalue weighted by Gasteiger charge is 2.18. The van der Waals surface area contributed by atoms with Crippen LogP contribution < -0.4 is 0 Å². The second-order valence-electron chi connectivity index (χ2n) is 5.38. The molecule has 0 fully saturated rings. The van der Waals surface area contributed by atoms with Gasteiger partial charge in [0, 0.05) is 19.4 Å². The van der Waals surface area contributed by atoms with Crippen LogP contribution in [0.15, 0.2) is 16.1 Å². The van der Waals surface area contributed by atoms with Crippen molar-refractivity contribution < 1.29 is 4.79 Å². The minimum absolute atomic E-state index is 0.302. The fourth-order valence-electron chi connectivity index (χ4n) is 2.75. The zero-order valence-corrected chi connectivity index (χ0v) is 14.0. The van der Waals surface area contributed by atoms with Crippen molar-refractivity contribution in [2.75, 3.05) is 0 Å². The average molecular weight is 339 g/mol. The molecule has 0 radical (unpaired) electrons. The van der Waals surface area contributed by atoms with Gasteiger partial charge in [0.05, 0.1) is 15.9 Å². The number of aromatic nitrogens is 2. The number of hydrogen-bond donors (Lipinski definition) is 0. The molecule has 0 N–H and O–H groups in total. The van der Waals surface area contributed by atoms with E-state index >= 15 is 0 Å². The number of allylic oxidation sites excluding steroid dienone is 2. The van der Waals surface area contributed by atoms with Gasteiger partial charge in [-0.25, -0.2) is 0 Å². The fraction of sp³-hybridized carbons (Fsp3) is 0.625. The van der Waals surface area contributed by atoms with Crippen molar-refractivity contribution in [1.29, 1.82) is 0 Å². The van der Waals surface area contributed by atoms with Gasteiger partial charge in [0.1, 0.15) is 5.78 Å². The first-order valence-corrected chi connectivity index (χ1v) is 8.38. The van der Waals surface area contributed by atoms with Crippen LogP contribution >= 0.6 is 15.9 Å². The van der Waals surface area contributed by atoms with Crippen LogP contribution in [0, 0.1) is 0 Å². The van der Waals surface area contributed by atoms with Gasteiger partial charge in [-0.15, -0.1) is 0 Å². The van der Waals surface area contributed by atoms with E-state index in [-0.39, 0.29) is 0 Å². The number of Topliss-reactive ketones (excluding diaryl/α,β-unsaturated/α-hetero) is 1. The normalized spacial score (nSPS) is 15.2. The lowest BCUT2D eigenvalue weighted by atomic mass is 9.94. The molecule has 110 valence electrons. The molecule has 0 unspecified atom stereocenters. The van der Waals surface area contributed by atoms with Gasteiger partial charge < -0.3 is 0 Å². The highest BCUT2D eigenvalue weighted by Crippen LogP contribution is 2.25. The average Bonchev–Trinajstić information content (AvgIpc) is 2.76. The van der Waals surface area contributed by atoms with E-state index < -0.39 is 0 Å². The Morgan fingerprint density at radius 3 is 2.75 bits per heavy atom. The number of carbonyl (C=O) groups excluding carboxylic acids is 1. The second-order valence-corrected chi connectivity index (χ2v) is 6.17. The Morgan fingerprint density at radius 2 is 2.15 bits per heavy atom. The lowest BCUT2D eigenvalue weighted by Crippen LogP contribution is -2.11. The number of carbonyl (C=O) groups is 1. The highest BCUT2D eigenvalue weighted by molar-refractivity contribution is 9.10. The third kappa shape index (κ3) is 3.60. The second kappa shape index (κ2) is 7.21. The number of ketones is 1. The molecule has 0 saturated heterocycles. The largest absolute Gasteiger partial charge is 0.299 e. The van der Waals surface area contributed by atoms with Gasteiger partial charge in [-0.05, 0) is 55.0 Å². The molecule has 1 aliphatic rings. The number of halogens is 1. The predicted molar refractivity (Wildman–Crippen MR) is 84.9 cm³/mol. The molecule has 1 aliphatic carbocycles. The van der Waals surface area contributed by atoms with E-state index in [1.807, 2.05) is 4.68 Å². The summed E-state index contributed by atoms with van der Waals surface area (Å²) in [5, 5.41) is 4.55. The van der Waals surface area contributed by atoms with Gasteiger partial charge in [-0.2, -0.15) is 5.10 Å². The highest BCUT2D eigenvalue weighted by atomic mass is 79.9. The quantitative estimate of drug-likeness (QED) is 0.727. The molecule has 4 heteroatoms. The number of hydrogen-bond acceptors (Lipinski definition) is 2. The first-order valence-electron chi connectivity index (χ1n) is 7.59. The van der Waals surface area contributed by atoms with Crippen molar-refractivity contribution in [2.45, 2.75) is 65.3 Å². The molecule has 0 spiro atoms. The van der Waals surface area contributed by atoms with Crippen LogP contribution in [0.2, 0.25) is 0 Å². The molecule has 0 aliphatic heterocycles. The Morgan fingerprint density at radius 1 is 1.35 bits per heavy atom. The Labute approximate surface area is 129 Å². The maximum Gasteiger partial charge on any atom is 0.142 e. The van der Waals surface area contributed by atoms with Crippen LogP contribution in [-0.4, -0.2) is 15.6 Å². The van der Waals surface area contributed by atoms with E-state index in [0.717, 1.165) is 41.7 Å². The van der Waals surface area contributed by atoms with E-state index in [2.05, 4.69) is 41.0 Å². The first-order chi connectivity index (χ1) is 9.65. The summed E-state index contributed by atoms with van der Waals surface area (Å²) < 4.78 is 2.98. The van der Waals surface area contributed by atoms with Crippen LogP contribution in [0.5, 0.6) is 0 Å². The summed E-state index contributed by atoms with van der Waals surface area (Å²) in [5.74, 6) is 0.302. The van der Waals surface area contributed by atoms with Gasteiger partial charge in [0.25, 0.3) is 0 Å². The summed E-state index contributed by atoms with van der Waals surface area (Å²) in [7, 11) is 0. The number of rotatable bonds is 6. The van der Waals surface area contributed by atoms with Gasteiger partial charge in [-0.3, -0.25) is 9.48 Å². The van der Waals surface area contributed by atoms with Gasteiger partial charge in [-0.1, -0.05) is 18.6 Å². The van der Waals surface area contributed by atoms with E-state index in [4.69, 9.17) is 0 Å². The molecule has 0 bridgehead atoms. The van der Waals surface area contributed by atoms with Gasteiger partial charge in [0.2, 0.25) is 0 Å². The summed E-state index contributed by atoms with van der Waals surface area (Å²) in [6.07, 6.45) is 8.98. The topological polar surface area (TPSA) is 34.9 Å². The molecular weight excluding hydrogens is 316 g/mol. The SMILES string of the molecule is CCc1nn(CC)c(CC(=O)CC2=CCCCC2)c1Br. The Hall–Kier alpha value is -0.900. The molecule has 20 heavy (non-hydrogen) atoms. The van der Waals surface area contributed by atoms with Crippen molar-refractivity contribution in [3.05, 3.63) is 27.5 Å². The molecule has 0 saturated carbocycles. The predicted octanol–water partition coefficient (Wildman–Crippen LogP) is 4.23. The molecular formula is C16H23BrN2O. The van der Waals surface area contributed by atoms with Gasteiger partial charge >= 0.3 is 0 Å². The molecule has 1 aromatic heterocycles. The Kier molecular flexibility index (Phi) is 5.58. The Balaban J connectivity index is 2.07. The number of aryl methyl sites for hydroxylation is 2. The van der Waals surface area contributed by atoms with E-state index in [1.54, 1.807) is 0 Å². The maximum atomic E-state index is 12.3. The zero-order valence-electron chi connectivity index (χ0n) is 12.4. The minimum Gasteiger partial charge on any atom is -0.299 e. The first kappa shape index (κ1) is 15.5. The van der Waals surface area contributed by atoms with E-state index in [0.29, 0.717) is 18.6 Å². The molecule has 0 aromatic carbocycles. The van der Waals surface area contributed by atoms with E-state index in [9.17, 15) is 4.79 Å². The lowest BCUT2D eigenvalue weighted by molar-refractivity contribution is -0.117. The summed E-state index contributed by atoms with van der Waals surface area (Å²) in [4.78, 5) is 12.3. The number of nitrogens with zero attached hydrogens (tertiary/aromatic N) is 2. The summed E-state index contributed by atoms with van der Waals surface area (Å²) >= 11 is 3.61. The summed E-state index contributed by atoms with van der Waals surface area (Å²) in [6.45, 7) is 4.96. The standard InChI is InChI=1S/C16H23BrN2O/c1-3-14-16(17)15(19(4-2)18-14)11-13(20)10-12-8-6-5-7-9-12/h8H,3-7,9-11H2,1-2H3. The lowest BCUT2D eigenvalue weighted by Gasteiger charge is -2.12. The third-order valence-corrected chi connectivity index (χ3v) is 4.78. The fourth-order valence-corrected chi connectivity index (χ4v) is 3.46. The summed E-state index contributed by atoms with van der Waals surface area (Å²) in [5.41, 5.74) is 3.41. The van der Waals surface area contributed by atoms with Crippen molar-refractivity contribution in [2.24, 2.45) is 0 Å². The molecule has 2 rings (SSSR count). The van der Waals surface area contributed by atoms with Gasteiger partial charge in [0.15, 0.2) is 0 Å². The molecule has 0 atom stereocenters. The zero-order chi connectivity index (χ0) is 14.5. The van der Waals surface area contributed by atoms with Crippen LogP contribution in [0.1, 0.15) is 57.3 Å². The molecule has 1 aromatic rings. The summed E-state index contributed by atoms with van der Waals surface area (Å²) in [6, 6.07) is 0. The van der Waals surface area contributed by atoms with E-state index in [1.165, 1.54) is 18.4 Å². The van der Waals surface area contributed by atoms with Crippen LogP contribution in [0.25, 0.3) is 0 Å². The van der Waals surface area contributed by atoms with Crippen molar-refractivity contribution in [3.63, 3.8) is 0 Å².